The molecule has 0 saturated heterocycles. The minimum Gasteiger partial charge on any atom is -0.481 e. The number of alkyl carbamates (subject to hydrolysis) is 1. The van der Waals surface area contributed by atoms with Gasteiger partial charge in [-0.25, -0.2) is 4.79 Å². The van der Waals surface area contributed by atoms with Gasteiger partial charge >= 0.3 is 12.1 Å². The first-order valence-electron chi connectivity index (χ1n) is 8.17. The Kier molecular flexibility index (Phi) is 9.90. The molecule has 0 unspecified atom stereocenters. The van der Waals surface area contributed by atoms with Gasteiger partial charge in [0.2, 0.25) is 11.8 Å². The molecule has 0 radical (unpaired) electrons. The number of amides is 3. The monoisotopic (exact) mass is 365 g/mol. The second-order valence-corrected chi connectivity index (χ2v) is 5.33. The van der Waals surface area contributed by atoms with E-state index in [2.05, 4.69) is 16.0 Å². The fraction of sp³-hybridized carbons (Fsp3) is 0.412. The average molecular weight is 365 g/mol. The number of carboxylic acid groups (broad SMARTS) is 1. The lowest BCUT2D eigenvalue weighted by Crippen LogP contribution is -2.34. The van der Waals surface area contributed by atoms with Crippen molar-refractivity contribution in [2.75, 3.05) is 19.6 Å². The van der Waals surface area contributed by atoms with Gasteiger partial charge in [-0.15, -0.1) is 0 Å². The molecule has 26 heavy (non-hydrogen) atoms. The first kappa shape index (κ1) is 20.9. The van der Waals surface area contributed by atoms with E-state index in [0.717, 1.165) is 5.56 Å². The van der Waals surface area contributed by atoms with Gasteiger partial charge in [0.1, 0.15) is 6.61 Å². The van der Waals surface area contributed by atoms with Crippen LogP contribution in [0.1, 0.15) is 24.8 Å². The van der Waals surface area contributed by atoms with Crippen LogP contribution in [0.2, 0.25) is 0 Å². The van der Waals surface area contributed by atoms with Gasteiger partial charge in [0.05, 0.1) is 6.42 Å². The molecule has 0 aliphatic carbocycles. The van der Waals surface area contributed by atoms with Crippen LogP contribution in [-0.2, 0) is 25.7 Å². The van der Waals surface area contributed by atoms with Crippen LogP contribution in [0.25, 0.3) is 0 Å². The molecule has 1 rings (SSSR count). The smallest absolute Gasteiger partial charge is 0.407 e. The molecule has 0 aromatic heterocycles. The maximum Gasteiger partial charge on any atom is 0.407 e. The highest BCUT2D eigenvalue weighted by atomic mass is 16.5. The molecule has 0 spiro atoms. The number of carboxylic acids is 1. The number of hydrogen-bond acceptors (Lipinski definition) is 5. The summed E-state index contributed by atoms with van der Waals surface area (Å²) in [6.07, 6.45) is -0.650. The summed E-state index contributed by atoms with van der Waals surface area (Å²) < 4.78 is 5.00. The van der Waals surface area contributed by atoms with Crippen molar-refractivity contribution in [3.8, 4) is 0 Å². The predicted molar refractivity (Wildman–Crippen MR) is 92.1 cm³/mol. The van der Waals surface area contributed by atoms with Crippen molar-refractivity contribution in [3.63, 3.8) is 0 Å². The molecule has 0 saturated carbocycles. The molecule has 9 nitrogen and oxygen atoms in total. The van der Waals surface area contributed by atoms with Crippen LogP contribution in [0, 0.1) is 0 Å². The molecule has 1 aromatic rings. The molecular formula is C17H23N3O6. The fourth-order valence-corrected chi connectivity index (χ4v) is 1.85. The molecular weight excluding hydrogens is 342 g/mol. The molecule has 9 heteroatoms. The van der Waals surface area contributed by atoms with E-state index >= 15 is 0 Å². The first-order chi connectivity index (χ1) is 12.5. The lowest BCUT2D eigenvalue weighted by Gasteiger charge is -2.08. The summed E-state index contributed by atoms with van der Waals surface area (Å²) in [6, 6.07) is 9.21. The van der Waals surface area contributed by atoms with E-state index in [1.54, 1.807) is 0 Å². The van der Waals surface area contributed by atoms with Gasteiger partial charge in [-0.1, -0.05) is 30.3 Å². The minimum absolute atomic E-state index is 0.0527. The van der Waals surface area contributed by atoms with Crippen molar-refractivity contribution in [1.29, 1.82) is 0 Å². The molecule has 0 aliphatic rings. The summed E-state index contributed by atoms with van der Waals surface area (Å²) >= 11 is 0. The molecule has 4 N–H and O–H groups in total. The van der Waals surface area contributed by atoms with Crippen molar-refractivity contribution >= 4 is 23.9 Å². The maximum atomic E-state index is 11.6. The summed E-state index contributed by atoms with van der Waals surface area (Å²) in [7, 11) is 0. The van der Waals surface area contributed by atoms with Crippen molar-refractivity contribution in [1.82, 2.24) is 16.0 Å². The number of ether oxygens (including phenoxy) is 1. The number of rotatable bonds is 11. The SMILES string of the molecule is O=C(O)CCNC(=O)CCNC(=O)CCNC(=O)OCc1ccccc1. The Morgan fingerprint density at radius 3 is 1.92 bits per heavy atom. The summed E-state index contributed by atoms with van der Waals surface area (Å²) in [5.74, 6) is -1.64. The van der Waals surface area contributed by atoms with Crippen LogP contribution < -0.4 is 16.0 Å². The molecule has 0 bridgehead atoms. The summed E-state index contributed by atoms with van der Waals surface area (Å²) in [5.41, 5.74) is 0.863. The van der Waals surface area contributed by atoms with E-state index in [1.807, 2.05) is 30.3 Å². The Morgan fingerprint density at radius 1 is 0.808 bits per heavy atom. The third kappa shape index (κ3) is 10.6. The van der Waals surface area contributed by atoms with Crippen molar-refractivity contribution in [2.45, 2.75) is 25.9 Å². The lowest BCUT2D eigenvalue weighted by atomic mass is 10.2. The van der Waals surface area contributed by atoms with Crippen LogP contribution in [-0.4, -0.2) is 48.6 Å². The third-order valence-electron chi connectivity index (χ3n) is 3.17. The van der Waals surface area contributed by atoms with Crippen LogP contribution in [0.5, 0.6) is 0 Å². The Hall–Kier alpha value is -3.10. The number of hydrogen-bond donors (Lipinski definition) is 4. The van der Waals surface area contributed by atoms with E-state index in [1.165, 1.54) is 0 Å². The lowest BCUT2D eigenvalue weighted by molar-refractivity contribution is -0.137. The number of carbonyl (C=O) groups excluding carboxylic acids is 3. The molecule has 3 amide bonds. The van der Waals surface area contributed by atoms with E-state index in [4.69, 9.17) is 9.84 Å². The second kappa shape index (κ2) is 12.3. The standard InChI is InChI=1S/C17H23N3O6/c21-14(19-11-8-16(23)24)6-9-18-15(22)7-10-20-17(25)26-12-13-4-2-1-3-5-13/h1-5H,6-12H2,(H,18,22)(H,19,21)(H,20,25)(H,23,24). The Labute approximate surface area is 151 Å². The normalized spacial score (nSPS) is 9.85. The van der Waals surface area contributed by atoms with Crippen LogP contribution >= 0.6 is 0 Å². The summed E-state index contributed by atoms with van der Waals surface area (Å²) in [4.78, 5) is 44.7. The van der Waals surface area contributed by atoms with Crippen molar-refractivity contribution in [2.24, 2.45) is 0 Å². The molecule has 0 heterocycles. The quantitative estimate of drug-likeness (QED) is 0.448. The van der Waals surface area contributed by atoms with E-state index in [-0.39, 0.29) is 57.3 Å². The van der Waals surface area contributed by atoms with Crippen LogP contribution in [0.3, 0.4) is 0 Å². The van der Waals surface area contributed by atoms with E-state index in [9.17, 15) is 19.2 Å². The van der Waals surface area contributed by atoms with Gasteiger partial charge in [-0.2, -0.15) is 0 Å². The van der Waals surface area contributed by atoms with Crippen molar-refractivity contribution < 1.29 is 29.0 Å². The van der Waals surface area contributed by atoms with Gasteiger partial charge in [-0.05, 0) is 5.56 Å². The topological polar surface area (TPSA) is 134 Å². The minimum atomic E-state index is -0.992. The zero-order chi connectivity index (χ0) is 19.2. The van der Waals surface area contributed by atoms with E-state index in [0.29, 0.717) is 0 Å². The predicted octanol–water partition coefficient (Wildman–Crippen LogP) is 0.400. The van der Waals surface area contributed by atoms with E-state index < -0.39 is 12.1 Å². The zero-order valence-corrected chi connectivity index (χ0v) is 14.3. The number of carbonyl (C=O) groups is 4. The number of benzene rings is 1. The molecule has 1 aromatic carbocycles. The zero-order valence-electron chi connectivity index (χ0n) is 14.3. The van der Waals surface area contributed by atoms with Gasteiger partial charge < -0.3 is 25.8 Å². The first-order valence-corrected chi connectivity index (χ1v) is 8.17. The largest absolute Gasteiger partial charge is 0.481 e. The molecule has 0 aliphatic heterocycles. The highest BCUT2D eigenvalue weighted by molar-refractivity contribution is 5.79. The summed E-state index contributed by atoms with van der Waals surface area (Å²) in [5, 5.41) is 15.9. The fourth-order valence-electron chi connectivity index (χ4n) is 1.85. The van der Waals surface area contributed by atoms with Gasteiger partial charge in [-0.3, -0.25) is 14.4 Å². The van der Waals surface area contributed by atoms with Crippen LogP contribution in [0.4, 0.5) is 4.79 Å². The maximum absolute atomic E-state index is 11.6. The van der Waals surface area contributed by atoms with Crippen LogP contribution in [0.15, 0.2) is 30.3 Å². The summed E-state index contributed by atoms with van der Waals surface area (Å²) in [6.45, 7) is 0.452. The van der Waals surface area contributed by atoms with Gasteiger partial charge in [0.15, 0.2) is 0 Å². The molecule has 0 fully saturated rings. The molecule has 142 valence electrons. The second-order valence-electron chi connectivity index (χ2n) is 5.33. The number of aliphatic carboxylic acids is 1. The van der Waals surface area contributed by atoms with Gasteiger partial charge in [0, 0.05) is 32.5 Å². The Balaban J connectivity index is 2.03. The highest BCUT2D eigenvalue weighted by Crippen LogP contribution is 2.00. The van der Waals surface area contributed by atoms with Crippen molar-refractivity contribution in [3.05, 3.63) is 35.9 Å². The average Bonchev–Trinajstić information content (AvgIpc) is 2.60. The third-order valence-corrected chi connectivity index (χ3v) is 3.17. The van der Waals surface area contributed by atoms with Gasteiger partial charge in [0.25, 0.3) is 0 Å². The Bertz CT molecular complexity index is 606. The molecule has 0 atom stereocenters. The highest BCUT2D eigenvalue weighted by Gasteiger charge is 2.07. The Morgan fingerprint density at radius 2 is 1.35 bits per heavy atom. The number of nitrogens with one attached hydrogen (secondary N) is 3.